The molecule has 0 unspecified atom stereocenters. The summed E-state index contributed by atoms with van der Waals surface area (Å²) in [4.78, 5) is 26.4. The van der Waals surface area contributed by atoms with E-state index >= 15 is 0 Å². The van der Waals surface area contributed by atoms with Crippen LogP contribution in [0.15, 0.2) is 45.3 Å². The molecule has 30 heavy (non-hydrogen) atoms. The van der Waals surface area contributed by atoms with Gasteiger partial charge in [-0.25, -0.2) is 4.79 Å². The Morgan fingerprint density at radius 3 is 1.90 bits per heavy atom. The first kappa shape index (κ1) is 23.2. The number of Topliss-reactive ketones (excluding diaryl/α,β-unsaturated/α-hetero) is 1. The molecule has 0 radical (unpaired) electrons. The predicted molar refractivity (Wildman–Crippen MR) is 128 cm³/mol. The van der Waals surface area contributed by atoms with E-state index in [1.54, 1.807) is 6.92 Å². The Morgan fingerprint density at radius 1 is 0.833 bits per heavy atom. The normalized spacial score (nSPS) is 13.6. The van der Waals surface area contributed by atoms with Crippen LogP contribution >= 0.6 is 31.9 Å². The van der Waals surface area contributed by atoms with Gasteiger partial charge in [0.2, 0.25) is 0 Å². The van der Waals surface area contributed by atoms with Gasteiger partial charge in [0, 0.05) is 8.95 Å². The maximum Gasteiger partial charge on any atom is 0.375 e. The Kier molecular flexibility index (Phi) is 7.92. The average molecular weight is 536 g/mol. The van der Waals surface area contributed by atoms with Crippen LogP contribution in [-0.4, -0.2) is 18.4 Å². The molecule has 0 saturated heterocycles. The lowest BCUT2D eigenvalue weighted by Crippen LogP contribution is -2.41. The molecule has 0 atom stereocenters. The van der Waals surface area contributed by atoms with Crippen molar-refractivity contribution < 1.29 is 14.3 Å². The van der Waals surface area contributed by atoms with Gasteiger partial charge in [-0.3, -0.25) is 4.79 Å². The van der Waals surface area contributed by atoms with Crippen molar-refractivity contribution in [2.24, 2.45) is 0 Å². The molecule has 0 aromatic heterocycles. The summed E-state index contributed by atoms with van der Waals surface area (Å²) in [7, 11) is 0. The summed E-state index contributed by atoms with van der Waals surface area (Å²) >= 11 is 7.13. The summed E-state index contributed by atoms with van der Waals surface area (Å²) in [5, 5.41) is 0. The highest BCUT2D eigenvalue weighted by molar-refractivity contribution is 9.10. The van der Waals surface area contributed by atoms with E-state index in [2.05, 4.69) is 38.8 Å². The molecule has 0 bridgehead atoms. The average Bonchev–Trinajstić information content (AvgIpc) is 2.99. The van der Waals surface area contributed by atoms with Gasteiger partial charge in [-0.2, -0.15) is 0 Å². The summed E-state index contributed by atoms with van der Waals surface area (Å²) in [5.74, 6) is -1.21. The van der Waals surface area contributed by atoms with Gasteiger partial charge >= 0.3 is 5.97 Å². The monoisotopic (exact) mass is 534 g/mol. The van der Waals surface area contributed by atoms with Crippen LogP contribution in [0.5, 0.6) is 0 Å². The number of benzene rings is 2. The third kappa shape index (κ3) is 4.43. The SMILES string of the molecule is CCCCCCCCC1(C(=O)C(=O)OCC)c2cc(Br)ccc2-c2ccc(Br)cc21. The van der Waals surface area contributed by atoms with Crippen molar-refractivity contribution >= 4 is 43.6 Å². The van der Waals surface area contributed by atoms with Gasteiger partial charge in [0.1, 0.15) is 0 Å². The molecule has 3 rings (SSSR count). The van der Waals surface area contributed by atoms with Crippen molar-refractivity contribution in [3.8, 4) is 11.1 Å². The Bertz CT molecular complexity index is 884. The number of carbonyl (C=O) groups excluding carboxylic acids is 2. The van der Waals surface area contributed by atoms with E-state index in [9.17, 15) is 9.59 Å². The Balaban J connectivity index is 2.08. The van der Waals surface area contributed by atoms with Gasteiger partial charge in [0.15, 0.2) is 0 Å². The molecule has 0 amide bonds. The second kappa shape index (κ2) is 10.2. The number of fused-ring (bicyclic) bond motifs is 3. The summed E-state index contributed by atoms with van der Waals surface area (Å²) in [6.07, 6.45) is 7.32. The van der Waals surface area contributed by atoms with E-state index in [0.717, 1.165) is 50.5 Å². The Hall–Kier alpha value is -1.46. The molecule has 0 fully saturated rings. The maximum absolute atomic E-state index is 13.7. The number of unbranched alkanes of at least 4 members (excludes halogenated alkanes) is 5. The van der Waals surface area contributed by atoms with Crippen LogP contribution in [0.1, 0.15) is 69.9 Å². The third-order valence-corrected chi connectivity index (χ3v) is 6.91. The van der Waals surface area contributed by atoms with Gasteiger partial charge in [0.05, 0.1) is 12.0 Å². The molecular formula is C25H28Br2O3. The van der Waals surface area contributed by atoms with Crippen molar-refractivity contribution in [2.75, 3.05) is 6.61 Å². The topological polar surface area (TPSA) is 43.4 Å². The lowest BCUT2D eigenvalue weighted by Gasteiger charge is -2.30. The van der Waals surface area contributed by atoms with Crippen LogP contribution in [0.4, 0.5) is 0 Å². The van der Waals surface area contributed by atoms with Crippen LogP contribution in [0.2, 0.25) is 0 Å². The highest BCUT2D eigenvalue weighted by atomic mass is 79.9. The molecule has 2 aromatic carbocycles. The quantitative estimate of drug-likeness (QED) is 0.181. The van der Waals surface area contributed by atoms with Crippen molar-refractivity contribution in [2.45, 2.75) is 64.2 Å². The number of carbonyl (C=O) groups is 2. The minimum absolute atomic E-state index is 0.189. The summed E-state index contributed by atoms with van der Waals surface area (Å²) < 4.78 is 6.98. The Morgan fingerprint density at radius 2 is 1.37 bits per heavy atom. The lowest BCUT2D eigenvalue weighted by atomic mass is 9.71. The number of hydrogen-bond acceptors (Lipinski definition) is 3. The zero-order chi connectivity index (χ0) is 21.7. The van der Waals surface area contributed by atoms with E-state index in [1.807, 2.05) is 36.4 Å². The molecule has 0 heterocycles. The van der Waals surface area contributed by atoms with E-state index in [-0.39, 0.29) is 6.61 Å². The number of esters is 1. The molecule has 1 aliphatic carbocycles. The van der Waals surface area contributed by atoms with Crippen LogP contribution in [-0.2, 0) is 19.7 Å². The standard InChI is InChI=1S/C25H28Br2O3/c1-3-5-6-7-8-9-14-25(23(28)24(29)30-4-2)21-15-17(26)10-12-19(21)20-13-11-18(27)16-22(20)25/h10-13,15-16H,3-9,14H2,1-2H3. The lowest BCUT2D eigenvalue weighted by molar-refractivity contribution is -0.155. The molecule has 0 saturated carbocycles. The van der Waals surface area contributed by atoms with Crippen molar-refractivity contribution in [3.05, 3.63) is 56.5 Å². The third-order valence-electron chi connectivity index (χ3n) is 5.93. The first-order chi connectivity index (χ1) is 14.5. The fourth-order valence-corrected chi connectivity index (χ4v) is 5.24. The van der Waals surface area contributed by atoms with Gasteiger partial charge in [0.25, 0.3) is 5.78 Å². The summed E-state index contributed by atoms with van der Waals surface area (Å²) in [6, 6.07) is 12.0. The van der Waals surface area contributed by atoms with Gasteiger partial charge < -0.3 is 4.74 Å². The first-order valence-corrected chi connectivity index (χ1v) is 12.4. The molecule has 0 aliphatic heterocycles. The molecule has 1 aliphatic rings. The minimum Gasteiger partial charge on any atom is -0.460 e. The van der Waals surface area contributed by atoms with E-state index in [0.29, 0.717) is 6.42 Å². The maximum atomic E-state index is 13.7. The number of hydrogen-bond donors (Lipinski definition) is 0. The highest BCUT2D eigenvalue weighted by Gasteiger charge is 2.51. The number of ether oxygens (including phenoxy) is 1. The van der Waals surface area contributed by atoms with Gasteiger partial charge in [-0.15, -0.1) is 0 Å². The number of rotatable bonds is 10. The largest absolute Gasteiger partial charge is 0.460 e. The second-order valence-electron chi connectivity index (χ2n) is 7.85. The molecule has 0 N–H and O–H groups in total. The molecule has 3 nitrogen and oxygen atoms in total. The molecule has 5 heteroatoms. The molecular weight excluding hydrogens is 508 g/mol. The van der Waals surface area contributed by atoms with Crippen molar-refractivity contribution in [1.82, 2.24) is 0 Å². The van der Waals surface area contributed by atoms with Crippen molar-refractivity contribution in [3.63, 3.8) is 0 Å². The van der Waals surface area contributed by atoms with Gasteiger partial charge in [-0.05, 0) is 59.9 Å². The van der Waals surface area contributed by atoms with E-state index in [4.69, 9.17) is 4.74 Å². The zero-order valence-electron chi connectivity index (χ0n) is 17.6. The Labute approximate surface area is 195 Å². The van der Waals surface area contributed by atoms with E-state index in [1.165, 1.54) is 19.3 Å². The smallest absolute Gasteiger partial charge is 0.375 e. The minimum atomic E-state index is -1.00. The number of ketones is 1. The van der Waals surface area contributed by atoms with Crippen LogP contribution in [0, 0.1) is 0 Å². The van der Waals surface area contributed by atoms with Crippen LogP contribution < -0.4 is 0 Å². The second-order valence-corrected chi connectivity index (χ2v) is 9.68. The van der Waals surface area contributed by atoms with Crippen LogP contribution in [0.25, 0.3) is 11.1 Å². The fraction of sp³-hybridized carbons (Fsp3) is 0.440. The summed E-state index contributed by atoms with van der Waals surface area (Å²) in [5.41, 5.74) is 2.83. The van der Waals surface area contributed by atoms with Crippen molar-refractivity contribution in [1.29, 1.82) is 0 Å². The molecule has 2 aromatic rings. The first-order valence-electron chi connectivity index (χ1n) is 10.8. The summed E-state index contributed by atoms with van der Waals surface area (Å²) in [6.45, 7) is 4.12. The predicted octanol–water partition coefficient (Wildman–Crippen LogP) is 7.36. The fourth-order valence-electron chi connectivity index (χ4n) is 4.52. The number of halogens is 2. The highest BCUT2D eigenvalue weighted by Crippen LogP contribution is 2.53. The zero-order valence-corrected chi connectivity index (χ0v) is 20.8. The molecule has 160 valence electrons. The van der Waals surface area contributed by atoms with Gasteiger partial charge in [-0.1, -0.05) is 89.4 Å². The van der Waals surface area contributed by atoms with E-state index < -0.39 is 17.2 Å². The van der Waals surface area contributed by atoms with Crippen LogP contribution in [0.3, 0.4) is 0 Å². The molecule has 0 spiro atoms.